The van der Waals surface area contributed by atoms with E-state index in [0.717, 1.165) is 134 Å². The highest BCUT2D eigenvalue weighted by Crippen LogP contribution is 2.36. The van der Waals surface area contributed by atoms with Crippen LogP contribution in [-0.2, 0) is 19.2 Å². The maximum Gasteiger partial charge on any atom is 0.155 e. The van der Waals surface area contributed by atoms with Gasteiger partial charge in [0.15, 0.2) is 5.78 Å². The summed E-state index contributed by atoms with van der Waals surface area (Å²) in [7, 11) is 0. The summed E-state index contributed by atoms with van der Waals surface area (Å²) in [6.45, 7) is 29.9. The SMILES string of the molecule is CC(C)=CCC/C(C)=C/CC/C(C)=C/CC1CCCC1=O.CC(C)=CCC/C(C)=C/CC/C(C)=C/CC1CCCC1O.CC/C=C\CCC1CC(=O)C=C(C)C1.CCCCCC1C(=O)CCC1CC(C)=O.CCCCCC1CC(C)=CC(O)C1. The lowest BCUT2D eigenvalue weighted by Gasteiger charge is -2.24. The van der Waals surface area contributed by atoms with Crippen LogP contribution in [0.15, 0.2) is 105 Å². The van der Waals surface area contributed by atoms with Gasteiger partial charge in [-0.2, -0.15) is 0 Å². The fraction of sp³-hybridized carbons (Fsp3) is 0.718. The smallest absolute Gasteiger partial charge is 0.155 e. The van der Waals surface area contributed by atoms with Crippen molar-refractivity contribution in [2.75, 3.05) is 0 Å². The molecule has 8 unspecified atom stereocenters. The molecule has 0 heterocycles. The minimum Gasteiger partial charge on any atom is -0.393 e. The van der Waals surface area contributed by atoms with Crippen LogP contribution in [0.5, 0.6) is 0 Å². The molecule has 0 amide bonds. The molecular weight excluding hydrogens is 1030 g/mol. The molecule has 5 rings (SSSR count). The van der Waals surface area contributed by atoms with Gasteiger partial charge in [-0.15, -0.1) is 0 Å². The van der Waals surface area contributed by atoms with E-state index in [-0.39, 0.29) is 23.9 Å². The second-order valence-corrected chi connectivity index (χ2v) is 27.0. The summed E-state index contributed by atoms with van der Waals surface area (Å²) in [5, 5.41) is 19.4. The molecule has 84 heavy (non-hydrogen) atoms. The fourth-order valence-electron chi connectivity index (χ4n) is 12.7. The highest BCUT2D eigenvalue weighted by Gasteiger charge is 2.34. The molecule has 0 saturated heterocycles. The number of hydrogen-bond acceptors (Lipinski definition) is 6. The molecule has 5 aliphatic carbocycles. The van der Waals surface area contributed by atoms with Crippen LogP contribution in [0.3, 0.4) is 0 Å². The first-order valence-electron chi connectivity index (χ1n) is 34.4. The van der Waals surface area contributed by atoms with Gasteiger partial charge in [0.2, 0.25) is 0 Å². The number of Topliss-reactive ketones (excluding diaryl/α,β-unsaturated/α-hetero) is 3. The minimum atomic E-state index is -0.166. The average molecular weight is 1160 g/mol. The van der Waals surface area contributed by atoms with Crippen molar-refractivity contribution < 1.29 is 29.4 Å². The van der Waals surface area contributed by atoms with Crippen molar-refractivity contribution in [1.82, 2.24) is 0 Å². The van der Waals surface area contributed by atoms with Crippen LogP contribution >= 0.6 is 0 Å². The monoisotopic (exact) mass is 1160 g/mol. The molecule has 0 aliphatic heterocycles. The second-order valence-electron chi connectivity index (χ2n) is 27.0. The van der Waals surface area contributed by atoms with E-state index in [9.17, 15) is 29.4 Å². The number of ketones is 4. The van der Waals surface area contributed by atoms with Gasteiger partial charge in [0.05, 0.1) is 12.2 Å². The van der Waals surface area contributed by atoms with Crippen LogP contribution in [0.25, 0.3) is 0 Å². The standard InChI is InChI=1S/C20H34O.C20H32O.C13H22O2.C13H20O.C12H22O/c2*1-16(2)8-5-9-17(3)10-6-11-18(4)14-15-19-12-7-13-20(19)21;1-3-4-5-6-12-11(9-10(2)14)7-8-13(12)15;1-3-4-5-6-7-12-8-11(2)9-13(14)10-12;1-3-4-5-6-11-7-10(2)8-12(13)9-11/h8,10,14,19-21H,5-7,9,11-13,15H2,1-4H3;8,10,14,19H,5-7,9,11-13,15H2,1-4H3;11-12H,3-9H2,1-2H3;4-5,9,12H,3,6-8,10H2,1-2H3;8,11-13H,3-7,9H2,1-2H3/b2*17-10+,18-14+;;5-4-;. The van der Waals surface area contributed by atoms with Gasteiger partial charge in [-0.05, 0) is 247 Å². The Labute approximate surface area is 518 Å². The van der Waals surface area contributed by atoms with Crippen molar-refractivity contribution >= 4 is 23.1 Å². The Morgan fingerprint density at radius 2 is 1.10 bits per heavy atom. The first kappa shape index (κ1) is 78.3. The summed E-state index contributed by atoms with van der Waals surface area (Å²) < 4.78 is 0. The summed E-state index contributed by atoms with van der Waals surface area (Å²) in [4.78, 5) is 45.6. The Bertz CT molecular complexity index is 2140. The zero-order valence-corrected chi connectivity index (χ0v) is 57.0. The predicted molar refractivity (Wildman–Crippen MR) is 363 cm³/mol. The molecule has 6 heteroatoms. The minimum absolute atomic E-state index is 0.0498. The molecule has 0 aromatic rings. The molecule has 3 fully saturated rings. The van der Waals surface area contributed by atoms with Crippen molar-refractivity contribution in [3.63, 3.8) is 0 Å². The molecular formula is C78H130O6. The number of aliphatic hydroxyl groups is 2. The van der Waals surface area contributed by atoms with Gasteiger partial charge in [0.1, 0.15) is 17.3 Å². The average Bonchev–Trinajstić information content (AvgIpc) is 4.33. The molecule has 2 N–H and O–H groups in total. The van der Waals surface area contributed by atoms with Gasteiger partial charge in [0.25, 0.3) is 0 Å². The fourth-order valence-corrected chi connectivity index (χ4v) is 12.7. The van der Waals surface area contributed by atoms with Crippen molar-refractivity contribution in [1.29, 1.82) is 0 Å². The highest BCUT2D eigenvalue weighted by molar-refractivity contribution is 5.91. The zero-order valence-electron chi connectivity index (χ0n) is 57.0. The van der Waals surface area contributed by atoms with E-state index >= 15 is 0 Å². The van der Waals surface area contributed by atoms with Crippen LogP contribution in [0.4, 0.5) is 0 Å². The largest absolute Gasteiger partial charge is 0.393 e. The maximum absolute atomic E-state index is 11.6. The van der Waals surface area contributed by atoms with E-state index in [2.05, 4.69) is 139 Å². The molecule has 0 aromatic heterocycles. The number of hydrogen-bond donors (Lipinski definition) is 2. The Balaban J connectivity index is 0.000000532. The third-order valence-electron chi connectivity index (χ3n) is 17.8. The van der Waals surface area contributed by atoms with Gasteiger partial charge in [-0.25, -0.2) is 0 Å². The van der Waals surface area contributed by atoms with E-state index in [1.165, 1.54) is 122 Å². The lowest BCUT2D eigenvalue weighted by Crippen LogP contribution is -2.17. The van der Waals surface area contributed by atoms with Crippen LogP contribution in [-0.4, -0.2) is 45.6 Å². The number of allylic oxidation sites excluding steroid dienone is 17. The molecule has 5 aliphatic rings. The van der Waals surface area contributed by atoms with Crippen molar-refractivity contribution in [3.05, 3.63) is 105 Å². The van der Waals surface area contributed by atoms with Crippen molar-refractivity contribution in [3.8, 4) is 0 Å². The van der Waals surface area contributed by atoms with Crippen molar-refractivity contribution in [2.45, 2.75) is 327 Å². The third kappa shape index (κ3) is 40.6. The summed E-state index contributed by atoms with van der Waals surface area (Å²) in [5.41, 5.74) is 11.4. The topological polar surface area (TPSA) is 109 Å². The van der Waals surface area contributed by atoms with Crippen LogP contribution in [0, 0.1) is 35.5 Å². The Kier molecular flexibility index (Phi) is 45.0. The van der Waals surface area contributed by atoms with E-state index in [0.29, 0.717) is 53.9 Å². The van der Waals surface area contributed by atoms with Crippen LogP contribution in [0.2, 0.25) is 0 Å². The Morgan fingerprint density at radius 3 is 1.60 bits per heavy atom. The summed E-state index contributed by atoms with van der Waals surface area (Å²) >= 11 is 0. The molecule has 0 radical (unpaired) electrons. The molecule has 0 spiro atoms. The van der Waals surface area contributed by atoms with Crippen LogP contribution in [0.1, 0.15) is 315 Å². The number of unbranched alkanes of at least 4 members (excludes halogenated alkanes) is 4. The quantitative estimate of drug-likeness (QED) is 0.0548. The number of rotatable bonds is 30. The molecule has 8 atom stereocenters. The summed E-state index contributed by atoms with van der Waals surface area (Å²) in [5.74, 6) is 4.15. The normalized spacial score (nSPS) is 23.7. The van der Waals surface area contributed by atoms with Gasteiger partial charge < -0.3 is 15.0 Å². The van der Waals surface area contributed by atoms with E-state index in [4.69, 9.17) is 0 Å². The van der Waals surface area contributed by atoms with Crippen LogP contribution < -0.4 is 0 Å². The van der Waals surface area contributed by atoms with Gasteiger partial charge in [0, 0.05) is 37.5 Å². The maximum atomic E-state index is 11.6. The first-order chi connectivity index (χ1) is 40.1. The number of carbonyl (C=O) groups is 4. The van der Waals surface area contributed by atoms with Gasteiger partial charge in [-0.3, -0.25) is 14.4 Å². The van der Waals surface area contributed by atoms with E-state index < -0.39 is 0 Å². The lowest BCUT2D eigenvalue weighted by molar-refractivity contribution is -0.122. The Morgan fingerprint density at radius 1 is 0.536 bits per heavy atom. The van der Waals surface area contributed by atoms with Gasteiger partial charge in [-0.1, -0.05) is 171 Å². The Hall–Kier alpha value is -3.74. The second kappa shape index (κ2) is 48.3. The summed E-state index contributed by atoms with van der Waals surface area (Å²) in [6.07, 6.45) is 59.3. The molecule has 0 aromatic carbocycles. The lowest BCUT2D eigenvalue weighted by atomic mass is 9.84. The molecule has 0 bridgehead atoms. The van der Waals surface area contributed by atoms with Gasteiger partial charge >= 0.3 is 0 Å². The first-order valence-corrected chi connectivity index (χ1v) is 34.4. The highest BCUT2D eigenvalue weighted by atomic mass is 16.3. The molecule has 6 nitrogen and oxygen atoms in total. The number of carbonyl (C=O) groups excluding carboxylic acids is 4. The third-order valence-corrected chi connectivity index (χ3v) is 17.8. The molecule has 478 valence electrons. The number of aliphatic hydroxyl groups excluding tert-OH is 2. The molecule has 3 saturated carbocycles. The van der Waals surface area contributed by atoms with E-state index in [1.54, 1.807) is 13.0 Å². The van der Waals surface area contributed by atoms with E-state index in [1.807, 2.05) is 6.08 Å². The predicted octanol–water partition coefficient (Wildman–Crippen LogP) is 22.2. The zero-order chi connectivity index (χ0) is 62.7. The summed E-state index contributed by atoms with van der Waals surface area (Å²) in [6, 6.07) is 0. The van der Waals surface area contributed by atoms with Crippen molar-refractivity contribution in [2.24, 2.45) is 35.5 Å².